The topological polar surface area (TPSA) is 73.8 Å². The number of piperidine rings is 1. The summed E-state index contributed by atoms with van der Waals surface area (Å²) in [5.41, 5.74) is 0. The van der Waals surface area contributed by atoms with Crippen molar-refractivity contribution in [3.8, 4) is 0 Å². The Kier molecular flexibility index (Phi) is 8.10. The zero-order valence-corrected chi connectivity index (χ0v) is 17.8. The third-order valence-corrected chi connectivity index (χ3v) is 7.01. The molecule has 0 bridgehead atoms. The second-order valence-corrected chi connectivity index (χ2v) is 9.50. The molecule has 0 spiro atoms. The molecule has 152 valence electrons. The number of nitrogens with zero attached hydrogens (tertiary/aromatic N) is 2. The van der Waals surface area contributed by atoms with Crippen molar-refractivity contribution in [3.05, 3.63) is 30.3 Å². The second kappa shape index (κ2) is 10.1. The maximum absolute atomic E-state index is 12.7. The average molecular weight is 395 g/mol. The van der Waals surface area contributed by atoms with Crippen LogP contribution in [0, 0.1) is 0 Å². The number of aliphatic imine (C=N–C) groups is 1. The van der Waals surface area contributed by atoms with Crippen molar-refractivity contribution in [3.63, 3.8) is 0 Å². The van der Waals surface area contributed by atoms with Crippen LogP contribution in [0.3, 0.4) is 0 Å². The van der Waals surface area contributed by atoms with Crippen molar-refractivity contribution in [1.29, 1.82) is 0 Å². The van der Waals surface area contributed by atoms with Gasteiger partial charge in [-0.15, -0.1) is 0 Å². The summed E-state index contributed by atoms with van der Waals surface area (Å²) < 4.78 is 25.3. The van der Waals surface area contributed by atoms with Gasteiger partial charge in [-0.25, -0.2) is 8.42 Å². The molecule has 1 unspecified atom stereocenters. The van der Waals surface area contributed by atoms with Gasteiger partial charge in [0.25, 0.3) is 0 Å². The summed E-state index contributed by atoms with van der Waals surface area (Å²) in [5, 5.41) is 6.78. The Labute approximate surface area is 164 Å². The third kappa shape index (κ3) is 6.50. The highest BCUT2D eigenvalue weighted by atomic mass is 32.2. The predicted octanol–water partition coefficient (Wildman–Crippen LogP) is 2.28. The lowest BCUT2D eigenvalue weighted by molar-refractivity contribution is 0.167. The largest absolute Gasteiger partial charge is 0.354 e. The van der Waals surface area contributed by atoms with Crippen LogP contribution in [0.5, 0.6) is 0 Å². The van der Waals surface area contributed by atoms with E-state index in [0.29, 0.717) is 29.4 Å². The molecule has 0 aliphatic carbocycles. The van der Waals surface area contributed by atoms with Crippen LogP contribution in [0.15, 0.2) is 40.2 Å². The number of hydrogen-bond acceptors (Lipinski definition) is 4. The van der Waals surface area contributed by atoms with Crippen molar-refractivity contribution in [1.82, 2.24) is 15.5 Å². The predicted molar refractivity (Wildman–Crippen MR) is 112 cm³/mol. The van der Waals surface area contributed by atoms with Crippen molar-refractivity contribution < 1.29 is 8.42 Å². The fourth-order valence-corrected chi connectivity index (χ4v) is 4.98. The molecule has 1 aliphatic heterocycles. The SMILES string of the molecule is CCC(CS(=O)(=O)c1ccccc1)NC(=NC)NC1CCN(C(C)C)CC1. The summed E-state index contributed by atoms with van der Waals surface area (Å²) >= 11 is 0. The lowest BCUT2D eigenvalue weighted by atomic mass is 10.0. The summed E-state index contributed by atoms with van der Waals surface area (Å²) in [7, 11) is -1.59. The van der Waals surface area contributed by atoms with Crippen LogP contribution in [0.4, 0.5) is 0 Å². The van der Waals surface area contributed by atoms with E-state index in [9.17, 15) is 8.42 Å². The number of benzene rings is 1. The van der Waals surface area contributed by atoms with Crippen LogP contribution in [-0.4, -0.2) is 63.3 Å². The zero-order chi connectivity index (χ0) is 19.9. The Balaban J connectivity index is 1.92. The molecular weight excluding hydrogens is 360 g/mol. The van der Waals surface area contributed by atoms with E-state index >= 15 is 0 Å². The standard InChI is InChI=1S/C20H34N4O2S/c1-5-17(15-27(25,26)19-9-7-6-8-10-19)22-20(21-4)23-18-11-13-24(14-12-18)16(2)3/h6-10,16-18H,5,11-15H2,1-4H3,(H2,21,22,23). The van der Waals surface area contributed by atoms with E-state index in [2.05, 4.69) is 34.4 Å². The summed E-state index contributed by atoms with van der Waals surface area (Å²) in [4.78, 5) is 7.16. The summed E-state index contributed by atoms with van der Waals surface area (Å²) in [6.07, 6.45) is 2.84. The maximum atomic E-state index is 12.7. The number of rotatable bonds is 7. The van der Waals surface area contributed by atoms with Crippen molar-refractivity contribution >= 4 is 15.8 Å². The Morgan fingerprint density at radius 1 is 1.22 bits per heavy atom. The normalized spacial score (nSPS) is 18.5. The van der Waals surface area contributed by atoms with E-state index in [0.717, 1.165) is 25.9 Å². The second-order valence-electron chi connectivity index (χ2n) is 7.46. The fraction of sp³-hybridized carbons (Fsp3) is 0.650. The monoisotopic (exact) mass is 394 g/mol. The summed E-state index contributed by atoms with van der Waals surface area (Å²) in [5.74, 6) is 0.744. The minimum atomic E-state index is -3.33. The van der Waals surface area contributed by atoms with E-state index in [1.165, 1.54) is 0 Å². The molecule has 7 heteroatoms. The Morgan fingerprint density at radius 2 is 1.85 bits per heavy atom. The Morgan fingerprint density at radius 3 is 2.37 bits per heavy atom. The third-order valence-electron chi connectivity index (χ3n) is 5.18. The molecule has 0 aromatic heterocycles. The Bertz CT molecular complexity index is 696. The molecule has 1 aromatic rings. The van der Waals surface area contributed by atoms with Gasteiger partial charge in [-0.1, -0.05) is 25.1 Å². The molecule has 1 aliphatic rings. The van der Waals surface area contributed by atoms with Gasteiger partial charge < -0.3 is 15.5 Å². The summed E-state index contributed by atoms with van der Waals surface area (Å²) in [6, 6.07) is 9.40. The van der Waals surface area contributed by atoms with Gasteiger partial charge in [0.2, 0.25) is 0 Å². The van der Waals surface area contributed by atoms with Gasteiger partial charge >= 0.3 is 0 Å². The molecule has 0 amide bonds. The van der Waals surface area contributed by atoms with Crippen molar-refractivity contribution in [2.45, 2.75) is 63.1 Å². The highest BCUT2D eigenvalue weighted by Gasteiger charge is 2.24. The van der Waals surface area contributed by atoms with Crippen LogP contribution in [0.1, 0.15) is 40.0 Å². The molecule has 1 fully saturated rings. The lowest BCUT2D eigenvalue weighted by Crippen LogP contribution is -2.52. The smallest absolute Gasteiger partial charge is 0.191 e. The van der Waals surface area contributed by atoms with Crippen LogP contribution >= 0.6 is 0 Å². The Hall–Kier alpha value is -1.60. The van der Waals surface area contributed by atoms with Gasteiger partial charge in [0.15, 0.2) is 15.8 Å². The van der Waals surface area contributed by atoms with E-state index in [-0.39, 0.29) is 11.8 Å². The van der Waals surface area contributed by atoms with Gasteiger partial charge in [0.05, 0.1) is 10.6 Å². The number of hydrogen-bond donors (Lipinski definition) is 2. The molecule has 27 heavy (non-hydrogen) atoms. The van der Waals surface area contributed by atoms with Gasteiger partial charge in [0.1, 0.15) is 0 Å². The van der Waals surface area contributed by atoms with E-state index < -0.39 is 9.84 Å². The van der Waals surface area contributed by atoms with E-state index in [4.69, 9.17) is 0 Å². The first-order valence-electron chi connectivity index (χ1n) is 9.87. The highest BCUT2D eigenvalue weighted by Crippen LogP contribution is 2.14. The average Bonchev–Trinajstić information content (AvgIpc) is 2.67. The van der Waals surface area contributed by atoms with Gasteiger partial charge in [0, 0.05) is 38.3 Å². The zero-order valence-electron chi connectivity index (χ0n) is 17.0. The minimum Gasteiger partial charge on any atom is -0.354 e. The van der Waals surface area contributed by atoms with Gasteiger partial charge in [-0.2, -0.15) is 0 Å². The number of nitrogens with one attached hydrogen (secondary N) is 2. The number of likely N-dealkylation sites (tertiary alicyclic amines) is 1. The molecule has 0 saturated carbocycles. The van der Waals surface area contributed by atoms with Crippen LogP contribution in [-0.2, 0) is 9.84 Å². The van der Waals surface area contributed by atoms with Crippen LogP contribution in [0.25, 0.3) is 0 Å². The highest BCUT2D eigenvalue weighted by molar-refractivity contribution is 7.91. The molecule has 1 heterocycles. The fourth-order valence-electron chi connectivity index (χ4n) is 3.37. The van der Waals surface area contributed by atoms with Crippen LogP contribution in [0.2, 0.25) is 0 Å². The molecule has 1 saturated heterocycles. The molecule has 1 atom stereocenters. The molecular formula is C20H34N4O2S. The lowest BCUT2D eigenvalue weighted by Gasteiger charge is -2.35. The number of guanidine groups is 1. The first kappa shape index (κ1) is 21.7. The van der Waals surface area contributed by atoms with Gasteiger partial charge in [-0.3, -0.25) is 4.99 Å². The van der Waals surface area contributed by atoms with Gasteiger partial charge in [-0.05, 0) is 45.2 Å². The first-order valence-corrected chi connectivity index (χ1v) is 11.5. The first-order chi connectivity index (χ1) is 12.9. The van der Waals surface area contributed by atoms with Crippen molar-refractivity contribution in [2.24, 2.45) is 4.99 Å². The van der Waals surface area contributed by atoms with E-state index in [1.807, 2.05) is 13.0 Å². The molecule has 6 nitrogen and oxygen atoms in total. The molecule has 2 rings (SSSR count). The number of sulfone groups is 1. The maximum Gasteiger partial charge on any atom is 0.191 e. The quantitative estimate of drug-likeness (QED) is 0.548. The molecule has 1 aromatic carbocycles. The molecule has 0 radical (unpaired) electrons. The summed E-state index contributed by atoms with van der Waals surface area (Å²) in [6.45, 7) is 8.60. The van der Waals surface area contributed by atoms with Crippen LogP contribution < -0.4 is 10.6 Å². The molecule has 2 N–H and O–H groups in total. The van der Waals surface area contributed by atoms with Crippen molar-refractivity contribution in [2.75, 3.05) is 25.9 Å². The minimum absolute atomic E-state index is 0.0556. The van der Waals surface area contributed by atoms with E-state index in [1.54, 1.807) is 31.3 Å².